The Bertz CT molecular complexity index is 888. The van der Waals surface area contributed by atoms with E-state index in [0.717, 1.165) is 33.8 Å². The van der Waals surface area contributed by atoms with E-state index in [2.05, 4.69) is 36.1 Å². The summed E-state index contributed by atoms with van der Waals surface area (Å²) in [6.45, 7) is 2.85. The molecule has 0 saturated carbocycles. The van der Waals surface area contributed by atoms with Gasteiger partial charge in [0.05, 0.1) is 16.3 Å². The molecule has 0 bridgehead atoms. The first-order valence-corrected chi connectivity index (χ1v) is 9.36. The Kier molecular flexibility index (Phi) is 4.27. The predicted molar refractivity (Wildman–Crippen MR) is 100 cm³/mol. The van der Waals surface area contributed by atoms with Gasteiger partial charge >= 0.3 is 5.97 Å². The van der Waals surface area contributed by atoms with E-state index >= 15 is 0 Å². The van der Waals surface area contributed by atoms with Crippen LogP contribution in [0.15, 0.2) is 48.5 Å². The maximum atomic E-state index is 11.8. The van der Waals surface area contributed by atoms with Crippen LogP contribution in [0.25, 0.3) is 10.2 Å². The molecular formula is C20H20N2O2S. The van der Waals surface area contributed by atoms with Crippen molar-refractivity contribution in [1.29, 1.82) is 0 Å². The van der Waals surface area contributed by atoms with Crippen molar-refractivity contribution in [3.8, 4) is 0 Å². The summed E-state index contributed by atoms with van der Waals surface area (Å²) in [5.74, 6) is -0.740. The number of para-hydroxylation sites is 1. The van der Waals surface area contributed by atoms with E-state index in [9.17, 15) is 9.90 Å². The van der Waals surface area contributed by atoms with Gasteiger partial charge in [-0.3, -0.25) is 9.69 Å². The average molecular weight is 352 g/mol. The Morgan fingerprint density at radius 2 is 2.12 bits per heavy atom. The van der Waals surface area contributed by atoms with Gasteiger partial charge in [0.25, 0.3) is 0 Å². The Morgan fingerprint density at radius 1 is 1.28 bits per heavy atom. The molecule has 25 heavy (non-hydrogen) atoms. The monoisotopic (exact) mass is 352 g/mol. The maximum Gasteiger partial charge on any atom is 0.320 e. The first-order chi connectivity index (χ1) is 12.1. The fraction of sp³-hybridized carbons (Fsp3) is 0.300. The number of likely N-dealkylation sites (tertiary alicyclic amines) is 1. The molecular weight excluding hydrogens is 332 g/mol. The van der Waals surface area contributed by atoms with Gasteiger partial charge in [-0.15, -0.1) is 11.3 Å². The Labute approximate surface area is 150 Å². The molecule has 1 aliphatic rings. The summed E-state index contributed by atoms with van der Waals surface area (Å²) >= 11 is 1.66. The van der Waals surface area contributed by atoms with Crippen LogP contribution >= 0.6 is 11.3 Å². The number of fused-ring (bicyclic) bond motifs is 1. The van der Waals surface area contributed by atoms with Crippen LogP contribution < -0.4 is 0 Å². The molecule has 1 aromatic heterocycles. The zero-order valence-electron chi connectivity index (χ0n) is 14.1. The van der Waals surface area contributed by atoms with Crippen molar-refractivity contribution in [3.63, 3.8) is 0 Å². The number of nitrogens with zero attached hydrogens (tertiary/aromatic N) is 2. The van der Waals surface area contributed by atoms with E-state index in [0.29, 0.717) is 6.42 Å². The molecule has 2 atom stereocenters. The summed E-state index contributed by atoms with van der Waals surface area (Å²) in [6.07, 6.45) is 1.60. The highest BCUT2D eigenvalue weighted by atomic mass is 32.1. The number of aryl methyl sites for hydroxylation is 1. The van der Waals surface area contributed by atoms with Gasteiger partial charge < -0.3 is 5.11 Å². The fourth-order valence-electron chi connectivity index (χ4n) is 3.69. The van der Waals surface area contributed by atoms with Crippen LogP contribution in [-0.2, 0) is 4.79 Å². The average Bonchev–Trinajstić information content (AvgIpc) is 3.22. The third-order valence-electron chi connectivity index (χ3n) is 4.81. The lowest BCUT2D eigenvalue weighted by atomic mass is 10.0. The van der Waals surface area contributed by atoms with Crippen molar-refractivity contribution in [2.45, 2.75) is 31.8 Å². The van der Waals surface area contributed by atoms with E-state index in [1.165, 1.54) is 5.56 Å². The summed E-state index contributed by atoms with van der Waals surface area (Å²) in [6, 6.07) is 15.9. The lowest BCUT2D eigenvalue weighted by Crippen LogP contribution is -2.39. The van der Waals surface area contributed by atoms with E-state index < -0.39 is 12.0 Å². The van der Waals surface area contributed by atoms with Gasteiger partial charge in [0.15, 0.2) is 0 Å². The largest absolute Gasteiger partial charge is 0.480 e. The first-order valence-electron chi connectivity index (χ1n) is 8.54. The summed E-state index contributed by atoms with van der Waals surface area (Å²) in [4.78, 5) is 18.7. The van der Waals surface area contributed by atoms with Gasteiger partial charge in [0.1, 0.15) is 11.0 Å². The zero-order chi connectivity index (χ0) is 17.4. The molecule has 0 spiro atoms. The van der Waals surface area contributed by atoms with Gasteiger partial charge in [-0.1, -0.05) is 42.0 Å². The van der Waals surface area contributed by atoms with Gasteiger partial charge in [0.2, 0.25) is 0 Å². The molecule has 0 aliphatic carbocycles. The Hall–Kier alpha value is -2.24. The number of carboxylic acid groups (broad SMARTS) is 1. The molecule has 0 amide bonds. The number of carboxylic acids is 1. The van der Waals surface area contributed by atoms with Crippen LogP contribution in [0.5, 0.6) is 0 Å². The van der Waals surface area contributed by atoms with Crippen LogP contribution in [0.3, 0.4) is 0 Å². The standard InChI is InChI=1S/C20H20N2O2S/c1-13-6-4-7-14(12-13)18(22-11-5-9-16(22)20(23)24)19-21-15-8-2-3-10-17(15)25-19/h2-4,6-8,10,12,16,18H,5,9,11H2,1H3,(H,23,24). The van der Waals surface area contributed by atoms with Crippen molar-refractivity contribution in [2.24, 2.45) is 0 Å². The molecule has 4 nitrogen and oxygen atoms in total. The van der Waals surface area contributed by atoms with Crippen molar-refractivity contribution >= 4 is 27.5 Å². The van der Waals surface area contributed by atoms with Crippen LogP contribution in [0, 0.1) is 6.92 Å². The molecule has 128 valence electrons. The number of aliphatic carboxylic acids is 1. The highest BCUT2D eigenvalue weighted by Crippen LogP contribution is 2.38. The van der Waals surface area contributed by atoms with Crippen LogP contribution in [0.1, 0.15) is 35.0 Å². The molecule has 1 N–H and O–H groups in total. The number of hydrogen-bond acceptors (Lipinski definition) is 4. The molecule has 4 rings (SSSR count). The van der Waals surface area contributed by atoms with Gasteiger partial charge in [0, 0.05) is 6.54 Å². The van der Waals surface area contributed by atoms with E-state index in [4.69, 9.17) is 4.98 Å². The third-order valence-corrected chi connectivity index (χ3v) is 5.90. The highest BCUT2D eigenvalue weighted by molar-refractivity contribution is 7.18. The molecule has 3 aromatic rings. The van der Waals surface area contributed by atoms with Crippen LogP contribution in [0.4, 0.5) is 0 Å². The van der Waals surface area contributed by atoms with Crippen molar-refractivity contribution < 1.29 is 9.90 Å². The molecule has 2 unspecified atom stereocenters. The number of benzene rings is 2. The normalized spacial score (nSPS) is 19.3. The minimum Gasteiger partial charge on any atom is -0.480 e. The Balaban J connectivity index is 1.84. The SMILES string of the molecule is Cc1cccc(C(c2nc3ccccc3s2)N2CCCC2C(=O)O)c1. The quantitative estimate of drug-likeness (QED) is 0.763. The number of aromatic nitrogens is 1. The molecule has 5 heteroatoms. The van der Waals surface area contributed by atoms with Crippen LogP contribution in [0.2, 0.25) is 0 Å². The second kappa shape index (κ2) is 6.58. The van der Waals surface area contributed by atoms with E-state index in [-0.39, 0.29) is 6.04 Å². The molecule has 2 aromatic carbocycles. The van der Waals surface area contributed by atoms with Gasteiger partial charge in [-0.2, -0.15) is 0 Å². The van der Waals surface area contributed by atoms with E-state index in [1.54, 1.807) is 11.3 Å². The smallest absolute Gasteiger partial charge is 0.320 e. The minimum absolute atomic E-state index is 0.110. The molecule has 1 saturated heterocycles. The lowest BCUT2D eigenvalue weighted by molar-refractivity contribution is -0.142. The summed E-state index contributed by atoms with van der Waals surface area (Å²) in [5.41, 5.74) is 3.27. The lowest BCUT2D eigenvalue weighted by Gasteiger charge is -2.30. The van der Waals surface area contributed by atoms with E-state index in [1.807, 2.05) is 24.3 Å². The number of carbonyl (C=O) groups is 1. The van der Waals surface area contributed by atoms with Crippen molar-refractivity contribution in [1.82, 2.24) is 9.88 Å². The molecule has 2 heterocycles. The third kappa shape index (κ3) is 3.05. The number of rotatable bonds is 4. The zero-order valence-corrected chi connectivity index (χ0v) is 14.9. The summed E-state index contributed by atoms with van der Waals surface area (Å²) in [7, 11) is 0. The number of hydrogen-bond donors (Lipinski definition) is 1. The molecule has 1 aliphatic heterocycles. The highest BCUT2D eigenvalue weighted by Gasteiger charge is 2.38. The minimum atomic E-state index is -0.740. The van der Waals surface area contributed by atoms with Crippen LogP contribution in [-0.4, -0.2) is 33.5 Å². The summed E-state index contributed by atoms with van der Waals surface area (Å²) < 4.78 is 1.14. The Morgan fingerprint density at radius 3 is 2.88 bits per heavy atom. The second-order valence-corrected chi connectivity index (χ2v) is 7.63. The topological polar surface area (TPSA) is 53.4 Å². The fourth-order valence-corrected chi connectivity index (χ4v) is 4.80. The maximum absolute atomic E-state index is 11.8. The predicted octanol–water partition coefficient (Wildman–Crippen LogP) is 4.24. The van der Waals surface area contributed by atoms with Crippen molar-refractivity contribution in [3.05, 3.63) is 64.7 Å². The molecule has 0 radical (unpaired) electrons. The molecule has 1 fully saturated rings. The van der Waals surface area contributed by atoms with Gasteiger partial charge in [-0.05, 0) is 37.5 Å². The number of thiazole rings is 1. The second-order valence-electron chi connectivity index (χ2n) is 6.57. The van der Waals surface area contributed by atoms with Crippen molar-refractivity contribution in [2.75, 3.05) is 6.54 Å². The summed E-state index contributed by atoms with van der Waals surface area (Å²) in [5, 5.41) is 10.6. The van der Waals surface area contributed by atoms with Gasteiger partial charge in [-0.25, -0.2) is 4.98 Å². The first kappa shape index (κ1) is 16.2.